The summed E-state index contributed by atoms with van der Waals surface area (Å²) in [5.74, 6) is 0.191. The van der Waals surface area contributed by atoms with Crippen LogP contribution in [0, 0.1) is 11.3 Å². The summed E-state index contributed by atoms with van der Waals surface area (Å²) >= 11 is 0. The number of amides is 1. The lowest BCUT2D eigenvalue weighted by atomic mass is 9.81. The van der Waals surface area contributed by atoms with Crippen molar-refractivity contribution in [2.75, 3.05) is 0 Å². The highest BCUT2D eigenvalue weighted by Crippen LogP contribution is 2.35. The van der Waals surface area contributed by atoms with E-state index in [0.29, 0.717) is 11.4 Å². The maximum Gasteiger partial charge on any atom is 0.410 e. The summed E-state index contributed by atoms with van der Waals surface area (Å²) in [5, 5.41) is 19.6. The van der Waals surface area contributed by atoms with Crippen LogP contribution in [0.1, 0.15) is 37.0 Å². The molecule has 0 spiro atoms. The monoisotopic (exact) mass is 312 g/mol. The van der Waals surface area contributed by atoms with Gasteiger partial charge in [0.15, 0.2) is 5.75 Å². The van der Waals surface area contributed by atoms with Gasteiger partial charge in [0.2, 0.25) is 0 Å². The fraction of sp³-hybridized carbons (Fsp3) is 0.250. The summed E-state index contributed by atoms with van der Waals surface area (Å²) in [4.78, 5) is 19.0. The molecule has 0 aromatic carbocycles. The van der Waals surface area contributed by atoms with Gasteiger partial charge in [0.05, 0.1) is 17.6 Å². The maximum atomic E-state index is 10.7. The van der Waals surface area contributed by atoms with Gasteiger partial charge in [0.25, 0.3) is 0 Å². The number of rotatable bonds is 4. The molecular formula is C16H16N4O3. The molecule has 0 aliphatic rings. The van der Waals surface area contributed by atoms with Gasteiger partial charge in [-0.1, -0.05) is 19.9 Å². The predicted octanol–water partition coefficient (Wildman–Crippen LogP) is 1.82. The first kappa shape index (κ1) is 16.4. The Bertz CT molecular complexity index is 751. The molecule has 2 aromatic heterocycles. The van der Waals surface area contributed by atoms with Crippen molar-refractivity contribution in [1.82, 2.24) is 9.97 Å². The van der Waals surface area contributed by atoms with Crippen LogP contribution in [0.25, 0.3) is 0 Å². The molecule has 7 heteroatoms. The van der Waals surface area contributed by atoms with Crippen molar-refractivity contribution >= 4 is 6.09 Å². The van der Waals surface area contributed by atoms with Crippen LogP contribution >= 0.6 is 0 Å². The average molecular weight is 312 g/mol. The Labute approximate surface area is 133 Å². The van der Waals surface area contributed by atoms with Crippen LogP contribution in [-0.4, -0.2) is 21.2 Å². The summed E-state index contributed by atoms with van der Waals surface area (Å²) in [7, 11) is 0. The Morgan fingerprint density at radius 2 is 2.13 bits per heavy atom. The van der Waals surface area contributed by atoms with E-state index in [0.717, 1.165) is 0 Å². The van der Waals surface area contributed by atoms with E-state index in [2.05, 4.69) is 9.97 Å². The Kier molecular flexibility index (Phi) is 4.57. The molecule has 7 nitrogen and oxygen atoms in total. The number of hydrogen-bond donors (Lipinski definition) is 2. The van der Waals surface area contributed by atoms with Crippen molar-refractivity contribution in [1.29, 1.82) is 5.26 Å². The number of aliphatic hydroxyl groups excluding tert-OH is 1. The summed E-state index contributed by atoms with van der Waals surface area (Å²) in [6, 6.07) is 10.1. The van der Waals surface area contributed by atoms with E-state index in [-0.39, 0.29) is 11.4 Å². The molecule has 1 unspecified atom stereocenters. The van der Waals surface area contributed by atoms with Gasteiger partial charge in [-0.3, -0.25) is 4.98 Å². The fourth-order valence-corrected chi connectivity index (χ4v) is 2.10. The molecule has 0 aliphatic carbocycles. The highest BCUT2D eigenvalue weighted by molar-refractivity contribution is 5.67. The summed E-state index contributed by atoms with van der Waals surface area (Å²) < 4.78 is 4.70. The lowest BCUT2D eigenvalue weighted by Crippen LogP contribution is -2.29. The Hall–Kier alpha value is -2.98. The minimum Gasteiger partial charge on any atom is -0.409 e. The fourth-order valence-electron chi connectivity index (χ4n) is 2.10. The van der Waals surface area contributed by atoms with Gasteiger partial charge in [-0.15, -0.1) is 0 Å². The molecule has 1 atom stereocenters. The van der Waals surface area contributed by atoms with Gasteiger partial charge < -0.3 is 15.6 Å². The third-order valence-electron chi connectivity index (χ3n) is 3.47. The van der Waals surface area contributed by atoms with E-state index in [1.54, 1.807) is 38.1 Å². The lowest BCUT2D eigenvalue weighted by molar-refractivity contribution is 0.0936. The van der Waals surface area contributed by atoms with Crippen molar-refractivity contribution in [3.05, 3.63) is 53.6 Å². The van der Waals surface area contributed by atoms with Gasteiger partial charge in [0.1, 0.15) is 17.9 Å². The van der Waals surface area contributed by atoms with E-state index >= 15 is 0 Å². The summed E-state index contributed by atoms with van der Waals surface area (Å²) in [5.41, 5.74) is 5.39. The van der Waals surface area contributed by atoms with Crippen molar-refractivity contribution < 1.29 is 14.6 Å². The molecule has 0 radical (unpaired) electrons. The molecule has 0 saturated carbocycles. The van der Waals surface area contributed by atoms with Crippen molar-refractivity contribution in [2.45, 2.75) is 25.4 Å². The van der Waals surface area contributed by atoms with Crippen molar-refractivity contribution in [3.63, 3.8) is 0 Å². The van der Waals surface area contributed by atoms with E-state index < -0.39 is 17.6 Å². The zero-order valence-electron chi connectivity index (χ0n) is 12.7. The first-order valence-corrected chi connectivity index (χ1v) is 6.83. The van der Waals surface area contributed by atoms with Crippen LogP contribution in [0.15, 0.2) is 36.5 Å². The first-order valence-electron chi connectivity index (χ1n) is 6.83. The molecule has 1 amide bonds. The zero-order valence-corrected chi connectivity index (χ0v) is 12.7. The average Bonchev–Trinajstić information content (AvgIpc) is 2.54. The standard InChI is InChI=1S/C16H16N4O3/c1-16(2,13-5-3-4-10(8-17)20-13)14(21)12-7-6-11(9-19-12)23-15(18)22/h3-7,9,14,21H,1-2H3,(H2,18,22). The number of nitriles is 1. The Morgan fingerprint density at radius 1 is 1.39 bits per heavy atom. The minimum atomic E-state index is -0.966. The van der Waals surface area contributed by atoms with Crippen LogP contribution in [-0.2, 0) is 5.41 Å². The Morgan fingerprint density at radius 3 is 2.70 bits per heavy atom. The number of primary amides is 1. The Balaban J connectivity index is 2.28. The molecule has 2 heterocycles. The minimum absolute atomic E-state index is 0.191. The highest BCUT2D eigenvalue weighted by atomic mass is 16.5. The van der Waals surface area contributed by atoms with E-state index in [9.17, 15) is 9.90 Å². The van der Waals surface area contributed by atoms with E-state index in [1.807, 2.05) is 6.07 Å². The number of hydrogen-bond acceptors (Lipinski definition) is 6. The first-order chi connectivity index (χ1) is 10.8. The maximum absolute atomic E-state index is 10.7. The molecule has 3 N–H and O–H groups in total. The number of aromatic nitrogens is 2. The van der Waals surface area contributed by atoms with Gasteiger partial charge >= 0.3 is 6.09 Å². The molecule has 0 fully saturated rings. The quantitative estimate of drug-likeness (QED) is 0.887. The topological polar surface area (TPSA) is 122 Å². The van der Waals surface area contributed by atoms with E-state index in [4.69, 9.17) is 15.7 Å². The van der Waals surface area contributed by atoms with Gasteiger partial charge in [-0.2, -0.15) is 5.26 Å². The number of carbonyl (C=O) groups is 1. The normalized spacial score (nSPS) is 12.3. The summed E-state index contributed by atoms with van der Waals surface area (Å²) in [6.07, 6.45) is -0.595. The second-order valence-corrected chi connectivity index (χ2v) is 5.48. The second-order valence-electron chi connectivity index (χ2n) is 5.48. The highest BCUT2D eigenvalue weighted by Gasteiger charge is 2.33. The molecule has 0 bridgehead atoms. The largest absolute Gasteiger partial charge is 0.410 e. The lowest BCUT2D eigenvalue weighted by Gasteiger charge is -2.29. The summed E-state index contributed by atoms with van der Waals surface area (Å²) in [6.45, 7) is 3.60. The van der Waals surface area contributed by atoms with Crippen LogP contribution in [0.5, 0.6) is 5.75 Å². The third-order valence-corrected chi connectivity index (χ3v) is 3.47. The molecule has 2 aromatic rings. The second kappa shape index (κ2) is 6.42. The van der Waals surface area contributed by atoms with Crippen molar-refractivity contribution in [2.24, 2.45) is 5.73 Å². The van der Waals surface area contributed by atoms with Crippen molar-refractivity contribution in [3.8, 4) is 11.8 Å². The van der Waals surface area contributed by atoms with Gasteiger partial charge in [-0.25, -0.2) is 9.78 Å². The van der Waals surface area contributed by atoms with Crippen LogP contribution in [0.4, 0.5) is 4.79 Å². The number of nitrogens with zero attached hydrogens (tertiary/aromatic N) is 3. The van der Waals surface area contributed by atoms with Gasteiger partial charge in [0, 0.05) is 5.41 Å². The smallest absolute Gasteiger partial charge is 0.409 e. The number of aliphatic hydroxyl groups is 1. The predicted molar refractivity (Wildman–Crippen MR) is 81.4 cm³/mol. The number of ether oxygens (including phenoxy) is 1. The SMILES string of the molecule is CC(C)(c1cccc(C#N)n1)C(O)c1ccc(OC(N)=O)cn1. The number of nitrogens with two attached hydrogens (primary N) is 1. The van der Waals surface area contributed by atoms with Crippen LogP contribution < -0.4 is 10.5 Å². The molecular weight excluding hydrogens is 296 g/mol. The van der Waals surface area contributed by atoms with Gasteiger partial charge in [-0.05, 0) is 24.3 Å². The molecule has 0 saturated heterocycles. The molecule has 118 valence electrons. The van der Waals surface area contributed by atoms with Crippen LogP contribution in [0.3, 0.4) is 0 Å². The van der Waals surface area contributed by atoms with E-state index in [1.165, 1.54) is 12.3 Å². The zero-order chi connectivity index (χ0) is 17.0. The number of carbonyl (C=O) groups excluding carboxylic acids is 1. The molecule has 2 rings (SSSR count). The molecule has 23 heavy (non-hydrogen) atoms. The third kappa shape index (κ3) is 3.62. The van der Waals surface area contributed by atoms with Crippen LogP contribution in [0.2, 0.25) is 0 Å². The number of pyridine rings is 2. The molecule has 0 aliphatic heterocycles.